The zero-order valence-corrected chi connectivity index (χ0v) is 14.3. The molecule has 0 radical (unpaired) electrons. The van der Waals surface area contributed by atoms with Crippen LogP contribution in [0.5, 0.6) is 0 Å². The summed E-state index contributed by atoms with van der Waals surface area (Å²) in [6, 6.07) is 7.75. The van der Waals surface area contributed by atoms with Gasteiger partial charge in [-0.2, -0.15) is 0 Å². The fraction of sp³-hybridized carbons (Fsp3) is 0.562. The number of carboxylic acids is 1. The zero-order chi connectivity index (χ0) is 15.7. The van der Waals surface area contributed by atoms with Crippen LogP contribution in [0.1, 0.15) is 39.5 Å². The highest BCUT2D eigenvalue weighted by molar-refractivity contribution is 7.99. The normalized spacial score (nSPS) is 13.9. The summed E-state index contributed by atoms with van der Waals surface area (Å²) in [5.74, 6) is 0.148. The van der Waals surface area contributed by atoms with E-state index < -0.39 is 11.5 Å². The van der Waals surface area contributed by atoms with Gasteiger partial charge in [0.15, 0.2) is 0 Å². The first-order valence-corrected chi connectivity index (χ1v) is 8.77. The second kappa shape index (κ2) is 9.34. The number of benzene rings is 1. The molecule has 0 heterocycles. The van der Waals surface area contributed by atoms with Crippen molar-refractivity contribution in [2.45, 2.75) is 50.0 Å². The van der Waals surface area contributed by atoms with E-state index >= 15 is 0 Å². The molecular formula is C16H24ClNO2S. The standard InChI is InChI=1S/C16H24ClNO2S/c1-3-10-18-16(4-2,15(19)20)9-6-11-21-14-8-5-7-13(17)12-14/h5,7-8,12,18H,3-4,6,9-11H2,1-2H3,(H,19,20). The maximum Gasteiger partial charge on any atom is 0.323 e. The van der Waals surface area contributed by atoms with Crippen LogP contribution in [-0.4, -0.2) is 28.9 Å². The van der Waals surface area contributed by atoms with E-state index in [0.29, 0.717) is 12.8 Å². The van der Waals surface area contributed by atoms with Gasteiger partial charge in [-0.3, -0.25) is 4.79 Å². The topological polar surface area (TPSA) is 49.3 Å². The van der Waals surface area contributed by atoms with Crippen LogP contribution in [0.3, 0.4) is 0 Å². The van der Waals surface area contributed by atoms with Gasteiger partial charge in [-0.15, -0.1) is 11.8 Å². The van der Waals surface area contributed by atoms with Gasteiger partial charge < -0.3 is 10.4 Å². The van der Waals surface area contributed by atoms with E-state index in [2.05, 4.69) is 5.32 Å². The lowest BCUT2D eigenvalue weighted by atomic mass is 9.90. The van der Waals surface area contributed by atoms with Crippen LogP contribution < -0.4 is 5.32 Å². The number of thioether (sulfide) groups is 1. The molecule has 0 aliphatic heterocycles. The third-order valence-electron chi connectivity index (χ3n) is 3.54. The van der Waals surface area contributed by atoms with Gasteiger partial charge in [0, 0.05) is 9.92 Å². The van der Waals surface area contributed by atoms with Crippen molar-refractivity contribution in [3.63, 3.8) is 0 Å². The Bertz CT molecular complexity index is 456. The highest BCUT2D eigenvalue weighted by atomic mass is 35.5. The number of carbonyl (C=O) groups is 1. The maximum absolute atomic E-state index is 11.6. The number of hydrogen-bond donors (Lipinski definition) is 2. The van der Waals surface area contributed by atoms with Gasteiger partial charge in [-0.25, -0.2) is 0 Å². The summed E-state index contributed by atoms with van der Waals surface area (Å²) < 4.78 is 0. The van der Waals surface area contributed by atoms with Gasteiger partial charge in [0.2, 0.25) is 0 Å². The second-order valence-corrected chi connectivity index (χ2v) is 6.68. The Kier molecular flexibility index (Phi) is 8.15. The lowest BCUT2D eigenvalue weighted by Crippen LogP contribution is -2.52. The fourth-order valence-corrected chi connectivity index (χ4v) is 3.37. The van der Waals surface area contributed by atoms with Crippen molar-refractivity contribution < 1.29 is 9.90 Å². The molecule has 21 heavy (non-hydrogen) atoms. The van der Waals surface area contributed by atoms with E-state index in [0.717, 1.165) is 35.1 Å². The van der Waals surface area contributed by atoms with Crippen molar-refractivity contribution in [1.29, 1.82) is 0 Å². The number of aliphatic carboxylic acids is 1. The molecule has 0 saturated carbocycles. The number of carboxylic acid groups (broad SMARTS) is 1. The van der Waals surface area contributed by atoms with Crippen molar-refractivity contribution in [2.75, 3.05) is 12.3 Å². The Morgan fingerprint density at radius 1 is 1.43 bits per heavy atom. The van der Waals surface area contributed by atoms with Crippen molar-refractivity contribution in [1.82, 2.24) is 5.32 Å². The molecule has 0 amide bonds. The molecule has 0 aliphatic carbocycles. The molecule has 1 aromatic carbocycles. The van der Waals surface area contributed by atoms with E-state index in [1.807, 2.05) is 38.1 Å². The van der Waals surface area contributed by atoms with E-state index in [1.165, 1.54) is 0 Å². The molecule has 0 bridgehead atoms. The zero-order valence-electron chi connectivity index (χ0n) is 12.7. The molecule has 5 heteroatoms. The van der Waals surface area contributed by atoms with Crippen LogP contribution in [0.2, 0.25) is 5.02 Å². The predicted molar refractivity (Wildman–Crippen MR) is 90.4 cm³/mol. The highest BCUT2D eigenvalue weighted by Crippen LogP contribution is 2.25. The quantitative estimate of drug-likeness (QED) is 0.492. The molecule has 1 atom stereocenters. The number of rotatable bonds is 10. The maximum atomic E-state index is 11.6. The number of nitrogens with one attached hydrogen (secondary N) is 1. The molecule has 2 N–H and O–H groups in total. The van der Waals surface area contributed by atoms with Crippen molar-refractivity contribution in [3.05, 3.63) is 29.3 Å². The minimum Gasteiger partial charge on any atom is -0.480 e. The lowest BCUT2D eigenvalue weighted by molar-refractivity contribution is -0.145. The third-order valence-corrected chi connectivity index (χ3v) is 4.85. The van der Waals surface area contributed by atoms with Crippen molar-refractivity contribution >= 4 is 29.3 Å². The van der Waals surface area contributed by atoms with Gasteiger partial charge in [-0.1, -0.05) is 31.5 Å². The molecule has 1 aromatic rings. The Balaban J connectivity index is 2.48. The first-order chi connectivity index (χ1) is 10.0. The monoisotopic (exact) mass is 329 g/mol. The Labute approximate surface area is 136 Å². The molecule has 0 aromatic heterocycles. The molecule has 0 spiro atoms. The Morgan fingerprint density at radius 3 is 2.76 bits per heavy atom. The van der Waals surface area contributed by atoms with E-state index in [1.54, 1.807) is 11.8 Å². The molecule has 3 nitrogen and oxygen atoms in total. The van der Waals surface area contributed by atoms with Crippen LogP contribution in [0.25, 0.3) is 0 Å². The number of hydrogen-bond acceptors (Lipinski definition) is 3. The molecule has 0 aliphatic rings. The van der Waals surface area contributed by atoms with Gasteiger partial charge in [0.05, 0.1) is 0 Å². The first kappa shape index (κ1) is 18.3. The SMILES string of the molecule is CCCNC(CC)(CCCSc1cccc(Cl)c1)C(=O)O. The van der Waals surface area contributed by atoms with Gasteiger partial charge in [0.1, 0.15) is 5.54 Å². The van der Waals surface area contributed by atoms with Gasteiger partial charge in [-0.05, 0) is 56.2 Å². The summed E-state index contributed by atoms with van der Waals surface area (Å²) in [4.78, 5) is 12.7. The predicted octanol–water partition coefficient (Wildman–Crippen LogP) is 4.45. The first-order valence-electron chi connectivity index (χ1n) is 7.41. The second-order valence-electron chi connectivity index (χ2n) is 5.08. The summed E-state index contributed by atoms with van der Waals surface area (Å²) >= 11 is 7.67. The minimum absolute atomic E-state index is 0.601. The molecule has 1 unspecified atom stereocenters. The minimum atomic E-state index is -0.787. The molecule has 1 rings (SSSR count). The van der Waals surface area contributed by atoms with Crippen LogP contribution in [0.4, 0.5) is 0 Å². The molecule has 0 fully saturated rings. The average molecular weight is 330 g/mol. The average Bonchev–Trinajstić information content (AvgIpc) is 2.46. The summed E-state index contributed by atoms with van der Waals surface area (Å²) in [6.07, 6.45) is 3.04. The summed E-state index contributed by atoms with van der Waals surface area (Å²) in [5, 5.41) is 13.5. The van der Waals surface area contributed by atoms with E-state index in [-0.39, 0.29) is 0 Å². The van der Waals surface area contributed by atoms with Crippen LogP contribution in [-0.2, 0) is 4.79 Å². The lowest BCUT2D eigenvalue weighted by Gasteiger charge is -2.29. The van der Waals surface area contributed by atoms with Crippen molar-refractivity contribution in [2.24, 2.45) is 0 Å². The van der Waals surface area contributed by atoms with Crippen LogP contribution >= 0.6 is 23.4 Å². The van der Waals surface area contributed by atoms with Gasteiger partial charge >= 0.3 is 5.97 Å². The summed E-state index contributed by atoms with van der Waals surface area (Å²) in [7, 11) is 0. The highest BCUT2D eigenvalue weighted by Gasteiger charge is 2.35. The molecule has 118 valence electrons. The van der Waals surface area contributed by atoms with Crippen molar-refractivity contribution in [3.8, 4) is 0 Å². The molecular weight excluding hydrogens is 306 g/mol. The van der Waals surface area contributed by atoms with Crippen LogP contribution in [0, 0.1) is 0 Å². The fourth-order valence-electron chi connectivity index (χ4n) is 2.21. The Hall–Kier alpha value is -0.710. The third kappa shape index (κ3) is 5.89. The Morgan fingerprint density at radius 2 is 2.19 bits per heavy atom. The molecule has 0 saturated heterocycles. The van der Waals surface area contributed by atoms with E-state index in [9.17, 15) is 9.90 Å². The summed E-state index contributed by atoms with van der Waals surface area (Å²) in [6.45, 7) is 4.72. The largest absolute Gasteiger partial charge is 0.480 e. The summed E-state index contributed by atoms with van der Waals surface area (Å²) in [5.41, 5.74) is -0.787. The smallest absolute Gasteiger partial charge is 0.323 e. The van der Waals surface area contributed by atoms with E-state index in [4.69, 9.17) is 11.6 Å². The van der Waals surface area contributed by atoms with Crippen LogP contribution in [0.15, 0.2) is 29.2 Å². The van der Waals surface area contributed by atoms with Gasteiger partial charge in [0.25, 0.3) is 0 Å². The number of halogens is 1.